The van der Waals surface area contributed by atoms with Crippen molar-refractivity contribution in [3.8, 4) is 11.5 Å². The van der Waals surface area contributed by atoms with E-state index in [-0.39, 0.29) is 24.5 Å². The molecular formula is C20H19NO4. The van der Waals surface area contributed by atoms with Crippen LogP contribution in [0.15, 0.2) is 48.5 Å². The maximum Gasteiger partial charge on any atom is 0.231 e. The third-order valence-corrected chi connectivity index (χ3v) is 4.80. The number of imide groups is 1. The molecule has 0 radical (unpaired) electrons. The molecule has 0 aliphatic carbocycles. The molecule has 0 saturated carbocycles. The van der Waals surface area contributed by atoms with E-state index in [0.717, 1.165) is 22.6 Å². The highest BCUT2D eigenvalue weighted by Gasteiger charge is 2.29. The van der Waals surface area contributed by atoms with Crippen LogP contribution in [0.4, 0.5) is 0 Å². The number of carbonyl (C=O) groups is 2. The Labute approximate surface area is 146 Å². The van der Waals surface area contributed by atoms with E-state index in [1.54, 1.807) is 0 Å². The molecule has 2 heterocycles. The Bertz CT molecular complexity index is 787. The highest BCUT2D eigenvalue weighted by Crippen LogP contribution is 2.37. The molecule has 128 valence electrons. The number of carbonyl (C=O) groups excluding carboxylic acids is 2. The van der Waals surface area contributed by atoms with Crippen molar-refractivity contribution in [2.45, 2.75) is 25.2 Å². The second kappa shape index (κ2) is 6.59. The Morgan fingerprint density at radius 3 is 2.36 bits per heavy atom. The zero-order valence-electron chi connectivity index (χ0n) is 13.8. The summed E-state index contributed by atoms with van der Waals surface area (Å²) in [6.45, 7) is 0.678. The summed E-state index contributed by atoms with van der Waals surface area (Å²) in [5.41, 5.74) is 2.25. The van der Waals surface area contributed by atoms with Gasteiger partial charge in [-0.05, 0) is 29.7 Å². The molecule has 0 unspecified atom stereocenters. The average molecular weight is 337 g/mol. The first-order valence-corrected chi connectivity index (χ1v) is 8.50. The first-order valence-electron chi connectivity index (χ1n) is 8.50. The molecule has 2 aliphatic rings. The van der Waals surface area contributed by atoms with Crippen LogP contribution in [0.1, 0.15) is 36.3 Å². The summed E-state index contributed by atoms with van der Waals surface area (Å²) in [7, 11) is 0. The molecule has 1 fully saturated rings. The molecule has 2 amide bonds. The Hall–Kier alpha value is -2.82. The van der Waals surface area contributed by atoms with Crippen LogP contribution in [-0.2, 0) is 9.59 Å². The Morgan fingerprint density at radius 1 is 0.880 bits per heavy atom. The molecule has 1 atom stereocenters. The predicted molar refractivity (Wildman–Crippen MR) is 91.4 cm³/mol. The van der Waals surface area contributed by atoms with Crippen molar-refractivity contribution in [1.29, 1.82) is 0 Å². The lowest BCUT2D eigenvalue weighted by Crippen LogP contribution is -2.31. The minimum Gasteiger partial charge on any atom is -0.454 e. The SMILES string of the molecule is O=C1CCC(=O)N1CC[C@@H](c1ccccc1)c1ccc2c(c1)OCO2. The van der Waals surface area contributed by atoms with Crippen molar-refractivity contribution in [1.82, 2.24) is 4.90 Å². The number of hydrogen-bond acceptors (Lipinski definition) is 4. The van der Waals surface area contributed by atoms with Crippen LogP contribution in [-0.4, -0.2) is 30.1 Å². The van der Waals surface area contributed by atoms with E-state index in [0.29, 0.717) is 25.8 Å². The summed E-state index contributed by atoms with van der Waals surface area (Å²) < 4.78 is 10.9. The van der Waals surface area contributed by atoms with Crippen LogP contribution in [0, 0.1) is 0 Å². The van der Waals surface area contributed by atoms with Crippen LogP contribution < -0.4 is 9.47 Å². The van der Waals surface area contributed by atoms with E-state index in [9.17, 15) is 9.59 Å². The highest BCUT2D eigenvalue weighted by atomic mass is 16.7. The lowest BCUT2D eigenvalue weighted by Gasteiger charge is -2.21. The second-order valence-electron chi connectivity index (χ2n) is 6.30. The van der Waals surface area contributed by atoms with E-state index in [2.05, 4.69) is 12.1 Å². The smallest absolute Gasteiger partial charge is 0.231 e. The van der Waals surface area contributed by atoms with Gasteiger partial charge in [-0.15, -0.1) is 0 Å². The third-order valence-electron chi connectivity index (χ3n) is 4.80. The van der Waals surface area contributed by atoms with Crippen molar-refractivity contribution in [3.05, 3.63) is 59.7 Å². The van der Waals surface area contributed by atoms with Gasteiger partial charge in [0.1, 0.15) is 0 Å². The van der Waals surface area contributed by atoms with Gasteiger partial charge in [-0.1, -0.05) is 36.4 Å². The Kier molecular flexibility index (Phi) is 4.14. The van der Waals surface area contributed by atoms with Crippen molar-refractivity contribution in [2.24, 2.45) is 0 Å². The number of ether oxygens (including phenoxy) is 2. The number of amides is 2. The molecule has 5 nitrogen and oxygen atoms in total. The molecule has 1 saturated heterocycles. The van der Waals surface area contributed by atoms with Gasteiger partial charge >= 0.3 is 0 Å². The standard InChI is InChI=1S/C20H19NO4/c22-19-8-9-20(23)21(19)11-10-16(14-4-2-1-3-5-14)15-6-7-17-18(12-15)25-13-24-17/h1-7,12,16H,8-11,13H2/t16-/m0/s1. The quantitative estimate of drug-likeness (QED) is 0.787. The van der Waals surface area contributed by atoms with Crippen molar-refractivity contribution in [2.75, 3.05) is 13.3 Å². The summed E-state index contributed by atoms with van der Waals surface area (Å²) in [5, 5.41) is 0. The fourth-order valence-electron chi connectivity index (χ4n) is 3.47. The lowest BCUT2D eigenvalue weighted by molar-refractivity contribution is -0.138. The Balaban J connectivity index is 1.61. The van der Waals surface area contributed by atoms with Gasteiger partial charge in [-0.25, -0.2) is 0 Å². The number of nitrogens with zero attached hydrogens (tertiary/aromatic N) is 1. The van der Waals surface area contributed by atoms with E-state index in [1.807, 2.05) is 36.4 Å². The highest BCUT2D eigenvalue weighted by molar-refractivity contribution is 6.01. The average Bonchev–Trinajstić information content (AvgIpc) is 3.23. The van der Waals surface area contributed by atoms with Crippen LogP contribution in [0.5, 0.6) is 11.5 Å². The van der Waals surface area contributed by atoms with Gasteiger partial charge in [0.15, 0.2) is 11.5 Å². The molecule has 0 bridgehead atoms. The van der Waals surface area contributed by atoms with Gasteiger partial charge in [0, 0.05) is 25.3 Å². The molecule has 0 N–H and O–H groups in total. The summed E-state index contributed by atoms with van der Waals surface area (Å²) in [6, 6.07) is 16.1. The number of likely N-dealkylation sites (tertiary alicyclic amines) is 1. The first kappa shape index (κ1) is 15.7. The molecule has 2 aromatic rings. The zero-order valence-corrected chi connectivity index (χ0v) is 13.8. The largest absolute Gasteiger partial charge is 0.454 e. The number of fused-ring (bicyclic) bond motifs is 1. The van der Waals surface area contributed by atoms with Crippen molar-refractivity contribution >= 4 is 11.8 Å². The number of hydrogen-bond donors (Lipinski definition) is 0. The zero-order chi connectivity index (χ0) is 17.2. The van der Waals surface area contributed by atoms with Crippen LogP contribution in [0.2, 0.25) is 0 Å². The van der Waals surface area contributed by atoms with Gasteiger partial charge < -0.3 is 9.47 Å². The fourth-order valence-corrected chi connectivity index (χ4v) is 3.47. The normalized spacial score (nSPS) is 17.2. The van der Waals surface area contributed by atoms with Crippen molar-refractivity contribution < 1.29 is 19.1 Å². The van der Waals surface area contributed by atoms with Gasteiger partial charge in [-0.3, -0.25) is 14.5 Å². The maximum absolute atomic E-state index is 11.9. The van der Waals surface area contributed by atoms with E-state index in [1.165, 1.54) is 4.90 Å². The fraction of sp³-hybridized carbons (Fsp3) is 0.300. The molecule has 0 aromatic heterocycles. The topological polar surface area (TPSA) is 55.8 Å². The monoisotopic (exact) mass is 337 g/mol. The summed E-state index contributed by atoms with van der Waals surface area (Å²) in [4.78, 5) is 25.2. The summed E-state index contributed by atoms with van der Waals surface area (Å²) in [6.07, 6.45) is 1.35. The molecule has 25 heavy (non-hydrogen) atoms. The van der Waals surface area contributed by atoms with Gasteiger partial charge in [0.25, 0.3) is 0 Å². The Morgan fingerprint density at radius 2 is 1.60 bits per heavy atom. The van der Waals surface area contributed by atoms with E-state index >= 15 is 0 Å². The minimum atomic E-state index is -0.0671. The lowest BCUT2D eigenvalue weighted by atomic mass is 9.88. The van der Waals surface area contributed by atoms with Crippen molar-refractivity contribution in [3.63, 3.8) is 0 Å². The molecule has 0 spiro atoms. The summed E-state index contributed by atoms with van der Waals surface area (Å²) >= 11 is 0. The van der Waals surface area contributed by atoms with Crippen LogP contribution in [0.25, 0.3) is 0 Å². The van der Waals surface area contributed by atoms with Gasteiger partial charge in [-0.2, -0.15) is 0 Å². The van der Waals surface area contributed by atoms with Crippen LogP contribution >= 0.6 is 0 Å². The van der Waals surface area contributed by atoms with Gasteiger partial charge in [0.05, 0.1) is 0 Å². The molecule has 2 aliphatic heterocycles. The molecular weight excluding hydrogens is 318 g/mol. The summed E-state index contributed by atoms with van der Waals surface area (Å²) in [5.74, 6) is 1.44. The molecule has 5 heteroatoms. The van der Waals surface area contributed by atoms with Gasteiger partial charge in [0.2, 0.25) is 18.6 Å². The number of benzene rings is 2. The first-order chi connectivity index (χ1) is 12.2. The number of rotatable bonds is 5. The van der Waals surface area contributed by atoms with E-state index in [4.69, 9.17) is 9.47 Å². The second-order valence-corrected chi connectivity index (χ2v) is 6.30. The predicted octanol–water partition coefficient (Wildman–Crippen LogP) is 3.09. The maximum atomic E-state index is 11.9. The minimum absolute atomic E-state index is 0.0671. The molecule has 2 aromatic carbocycles. The van der Waals surface area contributed by atoms with E-state index < -0.39 is 0 Å². The third kappa shape index (κ3) is 3.09. The van der Waals surface area contributed by atoms with Crippen LogP contribution in [0.3, 0.4) is 0 Å². The molecule has 4 rings (SSSR count).